The standard InChI is InChI=1S/C19H22N2O3.C10H11ClN4/c1-13-9-10-14(2)17(11-13)24-12-15-7-5-6-8-16(15)18(21-23-4)19(22)20-3;1-8(14-7-12)15(2)6-9-3-4-10(11)13-5-9/h5-11H,12H2,1-4H3,(H,20,22);3-5H,6H2,1-2H3/b21-18+;14-8+. The number of carbonyl (C=O) groups is 1. The molecule has 1 amide bonds. The fourth-order valence-electron chi connectivity index (χ4n) is 3.36. The summed E-state index contributed by atoms with van der Waals surface area (Å²) >= 11 is 5.67. The van der Waals surface area contributed by atoms with E-state index in [9.17, 15) is 4.79 Å². The Morgan fingerprint density at radius 2 is 1.92 bits per heavy atom. The zero-order chi connectivity index (χ0) is 28.8. The third-order valence-electron chi connectivity index (χ3n) is 5.60. The minimum atomic E-state index is -0.309. The summed E-state index contributed by atoms with van der Waals surface area (Å²) in [4.78, 5) is 26.4. The molecule has 1 aromatic heterocycles. The van der Waals surface area contributed by atoms with E-state index in [1.54, 1.807) is 32.4 Å². The van der Waals surface area contributed by atoms with Crippen molar-refractivity contribution < 1.29 is 14.4 Å². The number of pyridine rings is 1. The molecule has 0 saturated heterocycles. The van der Waals surface area contributed by atoms with Crippen LogP contribution in [-0.2, 0) is 22.8 Å². The summed E-state index contributed by atoms with van der Waals surface area (Å²) in [5.74, 6) is 1.19. The molecule has 0 aliphatic rings. The van der Waals surface area contributed by atoms with Gasteiger partial charge < -0.3 is 19.8 Å². The van der Waals surface area contributed by atoms with E-state index in [2.05, 4.69) is 20.4 Å². The molecule has 1 heterocycles. The van der Waals surface area contributed by atoms with Gasteiger partial charge in [0.15, 0.2) is 5.71 Å². The predicted molar refractivity (Wildman–Crippen MR) is 154 cm³/mol. The van der Waals surface area contributed by atoms with Crippen molar-refractivity contribution >= 4 is 29.1 Å². The molecule has 39 heavy (non-hydrogen) atoms. The molecule has 204 valence electrons. The van der Waals surface area contributed by atoms with Crippen LogP contribution in [0.15, 0.2) is 70.9 Å². The largest absolute Gasteiger partial charge is 0.489 e. The molecule has 0 radical (unpaired) electrons. The van der Waals surface area contributed by atoms with Crippen LogP contribution in [0.25, 0.3) is 0 Å². The predicted octanol–water partition coefficient (Wildman–Crippen LogP) is 5.05. The van der Waals surface area contributed by atoms with Gasteiger partial charge in [-0.2, -0.15) is 10.3 Å². The molecule has 0 atom stereocenters. The Balaban J connectivity index is 0.000000306. The van der Waals surface area contributed by atoms with E-state index in [1.807, 2.05) is 74.3 Å². The number of nitrogens with one attached hydrogen (secondary N) is 1. The van der Waals surface area contributed by atoms with E-state index >= 15 is 0 Å². The van der Waals surface area contributed by atoms with Crippen LogP contribution in [0.3, 0.4) is 0 Å². The molecule has 1 N–H and O–H groups in total. The van der Waals surface area contributed by atoms with Crippen molar-refractivity contribution in [3.8, 4) is 11.9 Å². The lowest BCUT2D eigenvalue weighted by Gasteiger charge is -2.17. The normalized spacial score (nSPS) is 11.0. The number of benzene rings is 2. The van der Waals surface area contributed by atoms with Gasteiger partial charge in [-0.1, -0.05) is 59.2 Å². The number of likely N-dealkylation sites (N-methyl/N-ethyl adjacent to an activating group) is 1. The van der Waals surface area contributed by atoms with E-state index in [0.717, 1.165) is 28.0 Å². The molecule has 10 heteroatoms. The number of aliphatic imine (C=N–C) groups is 1. The average molecular weight is 549 g/mol. The molecular formula is C29H33ClN6O3. The van der Waals surface area contributed by atoms with Crippen LogP contribution >= 0.6 is 11.6 Å². The van der Waals surface area contributed by atoms with Gasteiger partial charge in [0.25, 0.3) is 5.91 Å². The van der Waals surface area contributed by atoms with Gasteiger partial charge in [-0.15, -0.1) is 0 Å². The summed E-state index contributed by atoms with van der Waals surface area (Å²) in [6.07, 6.45) is 3.46. The first-order chi connectivity index (χ1) is 18.7. The van der Waals surface area contributed by atoms with Crippen LogP contribution in [0.5, 0.6) is 5.75 Å². The number of amides is 1. The third kappa shape index (κ3) is 9.76. The molecule has 3 aromatic rings. The van der Waals surface area contributed by atoms with Crippen LogP contribution in [0.2, 0.25) is 5.15 Å². The van der Waals surface area contributed by atoms with Crippen molar-refractivity contribution in [2.45, 2.75) is 33.9 Å². The number of amidine groups is 1. The van der Waals surface area contributed by atoms with Gasteiger partial charge in [0.1, 0.15) is 30.5 Å². The fourth-order valence-corrected chi connectivity index (χ4v) is 3.48. The molecule has 0 bridgehead atoms. The first-order valence-corrected chi connectivity index (χ1v) is 12.4. The Kier molecular flexibility index (Phi) is 12.4. The highest BCUT2D eigenvalue weighted by Gasteiger charge is 2.17. The highest BCUT2D eigenvalue weighted by molar-refractivity contribution is 6.45. The van der Waals surface area contributed by atoms with Crippen molar-refractivity contribution in [2.75, 3.05) is 21.2 Å². The maximum Gasteiger partial charge on any atom is 0.273 e. The molecule has 0 spiro atoms. The summed E-state index contributed by atoms with van der Waals surface area (Å²) in [6.45, 7) is 6.80. The van der Waals surface area contributed by atoms with Gasteiger partial charge in [0.2, 0.25) is 6.19 Å². The van der Waals surface area contributed by atoms with E-state index in [4.69, 9.17) is 26.4 Å². The first kappa shape index (κ1) is 30.8. The van der Waals surface area contributed by atoms with Gasteiger partial charge in [-0.3, -0.25) is 4.79 Å². The Morgan fingerprint density at radius 1 is 1.18 bits per heavy atom. The van der Waals surface area contributed by atoms with Gasteiger partial charge in [-0.05, 0) is 55.2 Å². The van der Waals surface area contributed by atoms with E-state index in [1.165, 1.54) is 7.11 Å². The van der Waals surface area contributed by atoms with Gasteiger partial charge in [0.05, 0.1) is 0 Å². The molecule has 0 unspecified atom stereocenters. The molecule has 9 nitrogen and oxygen atoms in total. The number of nitriles is 1. The molecule has 0 fully saturated rings. The molecule has 3 rings (SSSR count). The van der Waals surface area contributed by atoms with Gasteiger partial charge >= 0.3 is 0 Å². The smallest absolute Gasteiger partial charge is 0.273 e. The number of aryl methyl sites for hydroxylation is 2. The van der Waals surface area contributed by atoms with Crippen LogP contribution in [0.1, 0.15) is 34.7 Å². The van der Waals surface area contributed by atoms with Crippen molar-refractivity contribution in [2.24, 2.45) is 10.1 Å². The highest BCUT2D eigenvalue weighted by Crippen LogP contribution is 2.21. The second kappa shape index (κ2) is 15.7. The lowest BCUT2D eigenvalue weighted by atomic mass is 10.0. The van der Waals surface area contributed by atoms with Crippen molar-refractivity contribution in [1.29, 1.82) is 5.26 Å². The summed E-state index contributed by atoms with van der Waals surface area (Å²) in [7, 11) is 4.84. The second-order valence-electron chi connectivity index (χ2n) is 8.52. The van der Waals surface area contributed by atoms with Crippen LogP contribution in [0, 0.1) is 25.3 Å². The van der Waals surface area contributed by atoms with Gasteiger partial charge in [-0.25, -0.2) is 4.98 Å². The fraction of sp³-hybridized carbons (Fsp3) is 0.276. The van der Waals surface area contributed by atoms with Crippen molar-refractivity contribution in [3.63, 3.8) is 0 Å². The lowest BCUT2D eigenvalue weighted by molar-refractivity contribution is -0.114. The number of ether oxygens (including phenoxy) is 1. The average Bonchev–Trinajstić information content (AvgIpc) is 2.93. The Morgan fingerprint density at radius 3 is 2.56 bits per heavy atom. The maximum atomic E-state index is 12.1. The van der Waals surface area contributed by atoms with Crippen LogP contribution in [-0.4, -0.2) is 48.5 Å². The number of rotatable bonds is 8. The highest BCUT2D eigenvalue weighted by atomic mass is 35.5. The monoisotopic (exact) mass is 548 g/mol. The number of carbonyl (C=O) groups excluding carboxylic acids is 1. The first-order valence-electron chi connectivity index (χ1n) is 12.1. The Labute approximate surface area is 234 Å². The number of nitrogens with zero attached hydrogens (tertiary/aromatic N) is 5. The topological polar surface area (TPSA) is 112 Å². The quantitative estimate of drug-likeness (QED) is 0.139. The van der Waals surface area contributed by atoms with Gasteiger partial charge in [0, 0.05) is 32.4 Å². The SMILES string of the molecule is C/C(=N\C#N)N(C)Cc1ccc(Cl)nc1.CNC(=O)/C(=N/OC)c1ccccc1COc1cc(C)ccc1C. The summed E-state index contributed by atoms with van der Waals surface area (Å²) < 4.78 is 5.96. The van der Waals surface area contributed by atoms with Crippen LogP contribution in [0.4, 0.5) is 0 Å². The number of halogens is 1. The van der Waals surface area contributed by atoms with Crippen molar-refractivity contribution in [3.05, 3.63) is 93.8 Å². The summed E-state index contributed by atoms with van der Waals surface area (Å²) in [5, 5.41) is 15.3. The van der Waals surface area contributed by atoms with E-state index in [-0.39, 0.29) is 11.6 Å². The zero-order valence-electron chi connectivity index (χ0n) is 23.0. The summed E-state index contributed by atoms with van der Waals surface area (Å²) in [6, 6.07) is 17.2. The number of aromatic nitrogens is 1. The van der Waals surface area contributed by atoms with Crippen LogP contribution < -0.4 is 10.1 Å². The molecular weight excluding hydrogens is 516 g/mol. The lowest BCUT2D eigenvalue weighted by Crippen LogP contribution is -2.29. The Bertz CT molecular complexity index is 1350. The zero-order valence-corrected chi connectivity index (χ0v) is 23.8. The number of hydrogen-bond donors (Lipinski definition) is 1. The minimum Gasteiger partial charge on any atom is -0.489 e. The molecule has 0 saturated carbocycles. The number of oxime groups is 1. The van der Waals surface area contributed by atoms with Crippen molar-refractivity contribution in [1.82, 2.24) is 15.2 Å². The second-order valence-corrected chi connectivity index (χ2v) is 8.91. The molecule has 0 aliphatic heterocycles. The minimum absolute atomic E-state index is 0.222. The number of hydrogen-bond acceptors (Lipinski definition) is 7. The van der Waals surface area contributed by atoms with E-state index in [0.29, 0.717) is 29.7 Å². The molecule has 2 aromatic carbocycles. The third-order valence-corrected chi connectivity index (χ3v) is 5.82. The van der Waals surface area contributed by atoms with E-state index < -0.39 is 0 Å². The Hall–Kier alpha value is -4.42. The summed E-state index contributed by atoms with van der Waals surface area (Å²) in [5.41, 5.74) is 4.99. The maximum absolute atomic E-state index is 12.1. The molecule has 0 aliphatic carbocycles.